The van der Waals surface area contributed by atoms with Gasteiger partial charge in [-0.15, -0.1) is 25.3 Å². The van der Waals surface area contributed by atoms with Crippen molar-refractivity contribution in [2.75, 3.05) is 12.4 Å². The lowest BCUT2D eigenvalue weighted by Crippen LogP contribution is -2.20. The molecule has 0 bridgehead atoms. The van der Waals surface area contributed by atoms with Crippen LogP contribution in [0.2, 0.25) is 0 Å². The van der Waals surface area contributed by atoms with Gasteiger partial charge in [-0.25, -0.2) is 4.98 Å². The summed E-state index contributed by atoms with van der Waals surface area (Å²) in [4.78, 5) is 4.30. The normalized spacial score (nSPS) is 11.8. The molecule has 3 rings (SSSR count). The molecule has 1 N–H and O–H groups in total. The smallest absolute Gasteiger partial charge is 0.137 e. The highest BCUT2D eigenvalue weighted by molar-refractivity contribution is 8.01. The molecule has 0 fully saturated rings. The summed E-state index contributed by atoms with van der Waals surface area (Å²) < 4.78 is 0.392. The van der Waals surface area contributed by atoms with Crippen LogP contribution in [0, 0.1) is 0 Å². The first-order chi connectivity index (χ1) is 9.97. The zero-order valence-corrected chi connectivity index (χ0v) is 13.1. The molecule has 21 heavy (non-hydrogen) atoms. The zero-order chi connectivity index (χ0) is 15.0. The number of nitrogens with one attached hydrogen (secondary N) is 1. The van der Waals surface area contributed by atoms with Crippen LogP contribution < -0.4 is 5.32 Å². The Morgan fingerprint density at radius 1 is 1.14 bits per heavy atom. The summed E-state index contributed by atoms with van der Waals surface area (Å²) in [6, 6.07) is 8.16. The van der Waals surface area contributed by atoms with Gasteiger partial charge >= 0.3 is 0 Å². The summed E-state index contributed by atoms with van der Waals surface area (Å²) in [6.07, 6.45) is 5.41. The van der Waals surface area contributed by atoms with E-state index in [-0.39, 0.29) is 0 Å². The Morgan fingerprint density at radius 2 is 1.95 bits per heavy atom. The molecule has 3 aromatic rings. The molecule has 0 amide bonds. The molecule has 0 aliphatic carbocycles. The molecule has 0 aliphatic heterocycles. The number of aromatic nitrogens is 3. The van der Waals surface area contributed by atoms with Gasteiger partial charge < -0.3 is 5.32 Å². The Bertz CT molecular complexity index is 795. The Kier molecular flexibility index (Phi) is 3.63. The van der Waals surface area contributed by atoms with Crippen molar-refractivity contribution in [2.45, 2.75) is 4.10 Å². The van der Waals surface area contributed by atoms with Crippen molar-refractivity contribution in [3.05, 3.63) is 42.9 Å². The van der Waals surface area contributed by atoms with Crippen LogP contribution in [-0.4, -0.2) is 29.7 Å². The van der Waals surface area contributed by atoms with Crippen molar-refractivity contribution in [3.8, 4) is 11.1 Å². The predicted molar refractivity (Wildman–Crippen MR) is 94.2 cm³/mol. The lowest BCUT2D eigenvalue weighted by atomic mass is 10.0. The van der Waals surface area contributed by atoms with Crippen molar-refractivity contribution >= 4 is 49.7 Å². The number of anilines is 1. The Hall–Kier alpha value is -1.60. The molecule has 0 spiro atoms. The second-order valence-corrected chi connectivity index (χ2v) is 6.46. The van der Waals surface area contributed by atoms with E-state index in [1.807, 2.05) is 37.6 Å². The minimum Gasteiger partial charge on any atom is -0.373 e. The summed E-state index contributed by atoms with van der Waals surface area (Å²) in [5.41, 5.74) is 2.01. The van der Waals surface area contributed by atoms with Crippen molar-refractivity contribution in [2.24, 2.45) is 0 Å². The van der Waals surface area contributed by atoms with Crippen LogP contribution in [0.5, 0.6) is 0 Å². The molecule has 104 valence electrons. The van der Waals surface area contributed by atoms with E-state index in [1.165, 1.54) is 4.68 Å². The molecule has 7 heteroatoms. The molecular weight excluding hydrogens is 299 g/mol. The number of hydrogen-bond donors (Lipinski definition) is 3. The maximum Gasteiger partial charge on any atom is 0.137 e. The summed E-state index contributed by atoms with van der Waals surface area (Å²) in [7, 11) is 7.64. The van der Waals surface area contributed by atoms with Gasteiger partial charge in [-0.05, 0) is 23.1 Å². The van der Waals surface area contributed by atoms with Crippen LogP contribution in [0.3, 0.4) is 0 Å². The Morgan fingerprint density at radius 3 is 2.62 bits per heavy atom. The Labute approximate surface area is 135 Å². The van der Waals surface area contributed by atoms with E-state index in [2.05, 4.69) is 46.7 Å². The molecule has 2 radical (unpaired) electrons. The molecular formula is C14H13BN4S2. The molecule has 0 saturated heterocycles. The standard InChI is InChI=1S/C14H13BN4S2/c1-16-13-5-11-4-9(2-3-10(11)6-17-13)12-7-18-19(8-12)14(15,20)21/h2-8,20-21H,1H3,(H,16,17). The topological polar surface area (TPSA) is 42.7 Å². The van der Waals surface area contributed by atoms with E-state index in [0.29, 0.717) is 0 Å². The molecule has 0 saturated carbocycles. The average molecular weight is 312 g/mol. The van der Waals surface area contributed by atoms with Crippen molar-refractivity contribution in [3.63, 3.8) is 0 Å². The third kappa shape index (κ3) is 2.89. The predicted octanol–water partition coefficient (Wildman–Crippen LogP) is 2.74. The molecule has 1 aromatic carbocycles. The third-order valence-corrected chi connectivity index (χ3v) is 3.64. The first kappa shape index (κ1) is 14.3. The first-order valence-corrected chi connectivity index (χ1v) is 7.23. The Balaban J connectivity index is 2.06. The second kappa shape index (κ2) is 5.31. The molecule has 0 aliphatic rings. The summed E-state index contributed by atoms with van der Waals surface area (Å²) in [5.74, 6) is 0.835. The van der Waals surface area contributed by atoms with Crippen LogP contribution >= 0.6 is 25.3 Å². The average Bonchev–Trinajstić information content (AvgIpc) is 2.96. The number of pyridine rings is 1. The minimum absolute atomic E-state index is 0.835. The van der Waals surface area contributed by atoms with E-state index in [9.17, 15) is 0 Å². The van der Waals surface area contributed by atoms with E-state index >= 15 is 0 Å². The first-order valence-electron chi connectivity index (χ1n) is 6.34. The molecule has 2 heterocycles. The fraction of sp³-hybridized carbons (Fsp3) is 0.143. The van der Waals surface area contributed by atoms with Gasteiger partial charge in [0.2, 0.25) is 0 Å². The number of nitrogens with zero attached hydrogens (tertiary/aromatic N) is 3. The summed E-state index contributed by atoms with van der Waals surface area (Å²) in [5, 5.41) is 9.42. The van der Waals surface area contributed by atoms with E-state index < -0.39 is 4.10 Å². The molecule has 2 aromatic heterocycles. The van der Waals surface area contributed by atoms with Crippen molar-refractivity contribution in [1.82, 2.24) is 14.8 Å². The van der Waals surface area contributed by atoms with Gasteiger partial charge in [0.1, 0.15) is 17.8 Å². The van der Waals surface area contributed by atoms with Gasteiger partial charge in [-0.1, -0.05) is 12.1 Å². The largest absolute Gasteiger partial charge is 0.373 e. The fourth-order valence-corrected chi connectivity index (χ4v) is 2.33. The number of benzene rings is 1. The van der Waals surface area contributed by atoms with E-state index in [4.69, 9.17) is 7.85 Å². The number of fused-ring (bicyclic) bond motifs is 1. The van der Waals surface area contributed by atoms with E-state index in [0.717, 1.165) is 27.7 Å². The second-order valence-electron chi connectivity index (χ2n) is 4.74. The highest BCUT2D eigenvalue weighted by Gasteiger charge is 2.16. The quantitative estimate of drug-likeness (QED) is 0.396. The highest BCUT2D eigenvalue weighted by Crippen LogP contribution is 2.28. The maximum absolute atomic E-state index is 5.79. The fourth-order valence-electron chi connectivity index (χ4n) is 2.11. The number of rotatable bonds is 3. The van der Waals surface area contributed by atoms with Crippen molar-refractivity contribution in [1.29, 1.82) is 0 Å². The van der Waals surface area contributed by atoms with Crippen LogP contribution in [-0.2, 0) is 4.10 Å². The SMILES string of the molecule is [B]C(S)(S)n1cc(-c2ccc3cnc(NC)cc3c2)cn1. The van der Waals surface area contributed by atoms with E-state index in [1.54, 1.807) is 6.20 Å². The monoisotopic (exact) mass is 312 g/mol. The van der Waals surface area contributed by atoms with Gasteiger partial charge in [0.15, 0.2) is 0 Å². The lowest BCUT2D eigenvalue weighted by molar-refractivity contribution is 0.698. The highest BCUT2D eigenvalue weighted by atomic mass is 32.2. The van der Waals surface area contributed by atoms with Crippen LogP contribution in [0.25, 0.3) is 21.9 Å². The number of hydrogen-bond acceptors (Lipinski definition) is 5. The van der Waals surface area contributed by atoms with Gasteiger partial charge in [0.25, 0.3) is 0 Å². The molecule has 4 nitrogen and oxygen atoms in total. The van der Waals surface area contributed by atoms with Gasteiger partial charge in [0, 0.05) is 30.4 Å². The number of thiol groups is 2. The van der Waals surface area contributed by atoms with Crippen molar-refractivity contribution < 1.29 is 0 Å². The minimum atomic E-state index is -1.11. The lowest BCUT2D eigenvalue weighted by Gasteiger charge is -2.17. The van der Waals surface area contributed by atoms with Crippen LogP contribution in [0.4, 0.5) is 5.82 Å². The third-order valence-electron chi connectivity index (χ3n) is 3.23. The summed E-state index contributed by atoms with van der Waals surface area (Å²) in [6.45, 7) is 0. The molecule has 0 atom stereocenters. The van der Waals surface area contributed by atoms with Crippen LogP contribution in [0.1, 0.15) is 0 Å². The van der Waals surface area contributed by atoms with Gasteiger partial charge in [-0.3, -0.25) is 4.68 Å². The maximum atomic E-state index is 5.79. The van der Waals surface area contributed by atoms with Gasteiger partial charge in [-0.2, -0.15) is 5.10 Å². The molecule has 0 unspecified atom stereocenters. The zero-order valence-electron chi connectivity index (χ0n) is 11.4. The summed E-state index contributed by atoms with van der Waals surface area (Å²) >= 11 is 8.36. The van der Waals surface area contributed by atoms with Gasteiger partial charge in [0.05, 0.1) is 6.20 Å². The van der Waals surface area contributed by atoms with Crippen LogP contribution in [0.15, 0.2) is 42.9 Å².